The van der Waals surface area contributed by atoms with Crippen LogP contribution in [0.25, 0.3) is 11.4 Å². The lowest BCUT2D eigenvalue weighted by Crippen LogP contribution is -2.06. The third kappa shape index (κ3) is 2.41. The van der Waals surface area contributed by atoms with Crippen LogP contribution in [-0.2, 0) is 0 Å². The molecule has 4 nitrogen and oxygen atoms in total. The smallest absolute Gasteiger partial charge is 0.133 e. The van der Waals surface area contributed by atoms with Crippen LogP contribution in [0.3, 0.4) is 0 Å². The van der Waals surface area contributed by atoms with Gasteiger partial charge in [-0.15, -0.1) is 0 Å². The summed E-state index contributed by atoms with van der Waals surface area (Å²) in [5.74, 6) is 1.65. The second kappa shape index (κ2) is 4.91. The highest BCUT2D eigenvalue weighted by Crippen LogP contribution is 2.23. The third-order valence-corrected chi connectivity index (χ3v) is 2.51. The molecule has 0 fully saturated rings. The number of aromatic nitrogens is 3. The Bertz CT molecular complexity index is 508. The molecule has 2 rings (SSSR count). The van der Waals surface area contributed by atoms with Gasteiger partial charge in [-0.3, -0.25) is 4.98 Å². The van der Waals surface area contributed by atoms with Crippen LogP contribution in [0.2, 0.25) is 0 Å². The van der Waals surface area contributed by atoms with Gasteiger partial charge in [0.15, 0.2) is 0 Å². The minimum absolute atomic E-state index is 0.757. The van der Waals surface area contributed by atoms with E-state index in [9.17, 15) is 0 Å². The molecule has 0 saturated carbocycles. The van der Waals surface area contributed by atoms with E-state index in [-0.39, 0.29) is 0 Å². The van der Waals surface area contributed by atoms with Crippen LogP contribution in [-0.4, -0.2) is 21.5 Å². The van der Waals surface area contributed by atoms with E-state index < -0.39 is 0 Å². The van der Waals surface area contributed by atoms with Crippen LogP contribution in [0.4, 0.5) is 5.82 Å². The number of pyridine rings is 1. The Labute approximate surface area is 101 Å². The van der Waals surface area contributed by atoms with E-state index in [2.05, 4.69) is 27.2 Å². The normalized spacial score (nSPS) is 10.3. The highest BCUT2D eigenvalue weighted by atomic mass is 15.0. The minimum Gasteiger partial charge on any atom is -0.370 e. The summed E-state index contributed by atoms with van der Waals surface area (Å²) in [5, 5.41) is 3.25. The van der Waals surface area contributed by atoms with Gasteiger partial charge in [-0.05, 0) is 32.9 Å². The second-order valence-electron chi connectivity index (χ2n) is 3.84. The summed E-state index contributed by atoms with van der Waals surface area (Å²) in [7, 11) is 0. The topological polar surface area (TPSA) is 50.7 Å². The minimum atomic E-state index is 0.757. The van der Waals surface area contributed by atoms with E-state index in [0.29, 0.717) is 0 Å². The average Bonchev–Trinajstić information content (AvgIpc) is 2.35. The van der Waals surface area contributed by atoms with Crippen LogP contribution in [0.15, 0.2) is 24.4 Å². The maximum Gasteiger partial charge on any atom is 0.133 e. The highest BCUT2D eigenvalue weighted by Gasteiger charge is 2.10. The molecule has 88 valence electrons. The Morgan fingerprint density at radius 2 is 2.00 bits per heavy atom. The van der Waals surface area contributed by atoms with Gasteiger partial charge < -0.3 is 5.32 Å². The van der Waals surface area contributed by atoms with Crippen LogP contribution >= 0.6 is 0 Å². The van der Waals surface area contributed by atoms with Gasteiger partial charge in [0.2, 0.25) is 0 Å². The molecule has 0 aromatic carbocycles. The molecule has 0 aliphatic rings. The van der Waals surface area contributed by atoms with Crippen molar-refractivity contribution in [1.82, 2.24) is 15.0 Å². The van der Waals surface area contributed by atoms with Gasteiger partial charge in [0, 0.05) is 18.3 Å². The maximum absolute atomic E-state index is 4.47. The molecular formula is C13H16N4. The molecule has 17 heavy (non-hydrogen) atoms. The molecule has 1 N–H and O–H groups in total. The number of anilines is 1. The van der Waals surface area contributed by atoms with Gasteiger partial charge >= 0.3 is 0 Å². The number of nitrogens with one attached hydrogen (secondary N) is 1. The molecule has 0 atom stereocenters. The van der Waals surface area contributed by atoms with E-state index in [1.807, 2.05) is 32.0 Å². The van der Waals surface area contributed by atoms with Crippen molar-refractivity contribution in [3.05, 3.63) is 35.8 Å². The fraction of sp³-hybridized carbons (Fsp3) is 0.308. The van der Waals surface area contributed by atoms with Crippen molar-refractivity contribution < 1.29 is 0 Å². The van der Waals surface area contributed by atoms with Crippen LogP contribution in [0, 0.1) is 13.8 Å². The molecule has 0 saturated heterocycles. The predicted molar refractivity (Wildman–Crippen MR) is 68.9 cm³/mol. The third-order valence-electron chi connectivity index (χ3n) is 2.51. The van der Waals surface area contributed by atoms with Gasteiger partial charge in [0.05, 0.1) is 11.4 Å². The molecule has 2 heterocycles. The number of aryl methyl sites for hydroxylation is 1. The molecular weight excluding hydrogens is 212 g/mol. The predicted octanol–water partition coefficient (Wildman–Crippen LogP) is 2.59. The number of rotatable bonds is 3. The Morgan fingerprint density at radius 1 is 1.18 bits per heavy atom. The molecule has 0 bridgehead atoms. The summed E-state index contributed by atoms with van der Waals surface area (Å²) in [5.41, 5.74) is 2.82. The van der Waals surface area contributed by atoms with Crippen molar-refractivity contribution in [2.75, 3.05) is 11.9 Å². The van der Waals surface area contributed by atoms with Crippen LogP contribution < -0.4 is 5.32 Å². The zero-order chi connectivity index (χ0) is 12.3. The molecule has 0 aliphatic carbocycles. The molecule has 0 unspecified atom stereocenters. The highest BCUT2D eigenvalue weighted by molar-refractivity contribution is 5.65. The van der Waals surface area contributed by atoms with Crippen molar-refractivity contribution in [2.24, 2.45) is 0 Å². The second-order valence-corrected chi connectivity index (χ2v) is 3.84. The monoisotopic (exact) mass is 228 g/mol. The van der Waals surface area contributed by atoms with Gasteiger partial charge in [0.25, 0.3) is 0 Å². The number of hydrogen-bond donors (Lipinski definition) is 1. The zero-order valence-electron chi connectivity index (χ0n) is 10.4. The fourth-order valence-corrected chi connectivity index (χ4v) is 1.72. The molecule has 4 heteroatoms. The first-order valence-electron chi connectivity index (χ1n) is 5.73. The summed E-state index contributed by atoms with van der Waals surface area (Å²) >= 11 is 0. The summed E-state index contributed by atoms with van der Waals surface area (Å²) < 4.78 is 0. The molecule has 2 aromatic rings. The van der Waals surface area contributed by atoms with Crippen molar-refractivity contribution in [3.63, 3.8) is 0 Å². The van der Waals surface area contributed by atoms with Gasteiger partial charge in [-0.2, -0.15) is 0 Å². The SMILES string of the molecule is CCNc1nc(C)nc(-c2ccccn2)c1C. The first-order chi connectivity index (χ1) is 8.22. The lowest BCUT2D eigenvalue weighted by atomic mass is 10.1. The van der Waals surface area contributed by atoms with E-state index in [1.54, 1.807) is 6.20 Å². The summed E-state index contributed by atoms with van der Waals surface area (Å²) in [6.07, 6.45) is 1.78. The largest absolute Gasteiger partial charge is 0.370 e. The maximum atomic E-state index is 4.47. The molecule has 0 radical (unpaired) electrons. The van der Waals surface area contributed by atoms with Crippen molar-refractivity contribution >= 4 is 5.82 Å². The van der Waals surface area contributed by atoms with Gasteiger partial charge in [-0.25, -0.2) is 9.97 Å². The fourth-order valence-electron chi connectivity index (χ4n) is 1.72. The summed E-state index contributed by atoms with van der Waals surface area (Å²) in [4.78, 5) is 13.2. The summed E-state index contributed by atoms with van der Waals surface area (Å²) in [6.45, 7) is 6.81. The first kappa shape index (κ1) is 11.5. The first-order valence-corrected chi connectivity index (χ1v) is 5.73. The van der Waals surface area contributed by atoms with Crippen molar-refractivity contribution in [2.45, 2.75) is 20.8 Å². The molecule has 0 spiro atoms. The Kier molecular flexibility index (Phi) is 3.32. The number of hydrogen-bond acceptors (Lipinski definition) is 4. The van der Waals surface area contributed by atoms with Crippen LogP contribution in [0.1, 0.15) is 18.3 Å². The van der Waals surface area contributed by atoms with Crippen LogP contribution in [0.5, 0.6) is 0 Å². The molecule has 2 aromatic heterocycles. The number of nitrogens with zero attached hydrogens (tertiary/aromatic N) is 3. The molecule has 0 aliphatic heterocycles. The zero-order valence-corrected chi connectivity index (χ0v) is 10.4. The Morgan fingerprint density at radius 3 is 2.65 bits per heavy atom. The lowest BCUT2D eigenvalue weighted by Gasteiger charge is -2.11. The van der Waals surface area contributed by atoms with E-state index in [4.69, 9.17) is 0 Å². The molecule has 0 amide bonds. The van der Waals surface area contributed by atoms with Gasteiger partial charge in [-0.1, -0.05) is 6.07 Å². The Balaban J connectivity index is 2.54. The van der Waals surface area contributed by atoms with Gasteiger partial charge in [0.1, 0.15) is 11.6 Å². The van der Waals surface area contributed by atoms with Crippen molar-refractivity contribution in [3.8, 4) is 11.4 Å². The average molecular weight is 228 g/mol. The van der Waals surface area contributed by atoms with E-state index in [1.165, 1.54) is 0 Å². The Hall–Kier alpha value is -1.97. The standard InChI is InChI=1S/C13H16N4/c1-4-14-13-9(2)12(16-10(3)17-13)11-7-5-6-8-15-11/h5-8H,4H2,1-3H3,(H,14,16,17). The van der Waals surface area contributed by atoms with E-state index in [0.717, 1.165) is 35.1 Å². The van der Waals surface area contributed by atoms with Crippen molar-refractivity contribution in [1.29, 1.82) is 0 Å². The van der Waals surface area contributed by atoms with E-state index >= 15 is 0 Å². The quantitative estimate of drug-likeness (QED) is 0.877. The lowest BCUT2D eigenvalue weighted by molar-refractivity contribution is 1.01. The summed E-state index contributed by atoms with van der Waals surface area (Å²) in [6, 6.07) is 5.83.